The molecule has 1 rings (SSSR count). The van der Waals surface area contributed by atoms with E-state index in [1.165, 1.54) is 6.92 Å². The Hall–Kier alpha value is -0.200. The normalized spacial score (nSPS) is 52.6. The van der Waals surface area contributed by atoms with Crippen LogP contribution in [-0.4, -0.2) is 51.1 Å². The van der Waals surface area contributed by atoms with Crippen molar-refractivity contribution < 1.29 is 25.2 Å². The number of rotatable bonds is 0. The number of ether oxygens (including phenoxy) is 1. The maximum absolute atomic E-state index is 9.09. The minimum Gasteiger partial charge on any atom is -0.388 e. The first kappa shape index (κ1) is 8.89. The van der Waals surface area contributed by atoms with E-state index in [9.17, 15) is 0 Å². The molecule has 0 saturated carbocycles. The van der Waals surface area contributed by atoms with Gasteiger partial charge in [0.05, 0.1) is 6.10 Å². The molecule has 0 unspecified atom stereocenters. The van der Waals surface area contributed by atoms with Gasteiger partial charge in [-0.3, -0.25) is 0 Å². The summed E-state index contributed by atoms with van der Waals surface area (Å²) >= 11 is 0. The van der Waals surface area contributed by atoms with Crippen molar-refractivity contribution in [2.24, 2.45) is 0 Å². The van der Waals surface area contributed by atoms with Gasteiger partial charge in [-0.25, -0.2) is 0 Å². The summed E-state index contributed by atoms with van der Waals surface area (Å²) in [6.07, 6.45) is -5.99. The van der Waals surface area contributed by atoms with E-state index in [1.807, 2.05) is 0 Å². The van der Waals surface area contributed by atoms with Crippen LogP contribution in [0, 0.1) is 0 Å². The van der Waals surface area contributed by atoms with Crippen molar-refractivity contribution in [2.75, 3.05) is 0 Å². The molecular formula is C6H12O5. The Labute approximate surface area is 63.8 Å². The van der Waals surface area contributed by atoms with E-state index in [4.69, 9.17) is 20.4 Å². The average Bonchev–Trinajstić information content (AvgIpc) is 1.97. The zero-order valence-corrected chi connectivity index (χ0v) is 6.08. The van der Waals surface area contributed by atoms with Gasteiger partial charge in [0.15, 0.2) is 6.29 Å². The van der Waals surface area contributed by atoms with Gasteiger partial charge in [-0.05, 0) is 6.92 Å². The molecule has 1 aliphatic heterocycles. The SMILES string of the molecule is C[C@@H]1O[C@@H](O)[C@H](O)[C@@H](O)[C@H]1O. The summed E-state index contributed by atoms with van der Waals surface area (Å²) in [6.45, 7) is 1.50. The molecule has 1 aliphatic rings. The smallest absolute Gasteiger partial charge is 0.183 e. The van der Waals surface area contributed by atoms with E-state index in [-0.39, 0.29) is 0 Å². The van der Waals surface area contributed by atoms with Gasteiger partial charge < -0.3 is 25.2 Å². The zero-order valence-electron chi connectivity index (χ0n) is 6.08. The van der Waals surface area contributed by atoms with Crippen LogP contribution in [0.2, 0.25) is 0 Å². The lowest BCUT2D eigenvalue weighted by Crippen LogP contribution is -2.56. The second-order valence-electron chi connectivity index (χ2n) is 2.70. The van der Waals surface area contributed by atoms with Crippen LogP contribution in [0.3, 0.4) is 0 Å². The van der Waals surface area contributed by atoms with Gasteiger partial charge >= 0.3 is 0 Å². The predicted molar refractivity (Wildman–Crippen MR) is 34.6 cm³/mol. The molecule has 4 N–H and O–H groups in total. The first-order chi connectivity index (χ1) is 5.04. The fourth-order valence-corrected chi connectivity index (χ4v) is 1.03. The lowest BCUT2D eigenvalue weighted by atomic mass is 10.0. The summed E-state index contributed by atoms with van der Waals surface area (Å²) in [5, 5.41) is 36.0. The Morgan fingerprint density at radius 1 is 0.909 bits per heavy atom. The van der Waals surface area contributed by atoms with Gasteiger partial charge in [0.25, 0.3) is 0 Å². The Morgan fingerprint density at radius 2 is 1.45 bits per heavy atom. The van der Waals surface area contributed by atoms with Gasteiger partial charge in [-0.15, -0.1) is 0 Å². The highest BCUT2D eigenvalue weighted by molar-refractivity contribution is 4.86. The Bertz CT molecular complexity index is 125. The molecule has 0 aromatic carbocycles. The molecule has 0 aliphatic carbocycles. The molecule has 5 heteroatoms. The van der Waals surface area contributed by atoms with Crippen molar-refractivity contribution >= 4 is 0 Å². The van der Waals surface area contributed by atoms with Crippen molar-refractivity contribution in [1.29, 1.82) is 0 Å². The minimum atomic E-state index is -1.43. The monoisotopic (exact) mass is 164 g/mol. The van der Waals surface area contributed by atoms with E-state index < -0.39 is 30.7 Å². The van der Waals surface area contributed by atoms with Crippen molar-refractivity contribution in [3.05, 3.63) is 0 Å². The number of aliphatic hydroxyl groups excluding tert-OH is 4. The Morgan fingerprint density at radius 3 is 2.00 bits per heavy atom. The Kier molecular flexibility index (Phi) is 2.46. The summed E-state index contributed by atoms with van der Waals surface area (Å²) in [5.41, 5.74) is 0. The van der Waals surface area contributed by atoms with Crippen molar-refractivity contribution in [3.8, 4) is 0 Å². The lowest BCUT2D eigenvalue weighted by molar-refractivity contribution is -0.277. The second kappa shape index (κ2) is 3.04. The first-order valence-corrected chi connectivity index (χ1v) is 3.41. The third kappa shape index (κ3) is 1.52. The highest BCUT2D eigenvalue weighted by Gasteiger charge is 2.40. The van der Waals surface area contributed by atoms with Crippen molar-refractivity contribution in [3.63, 3.8) is 0 Å². The fraction of sp³-hybridized carbons (Fsp3) is 1.00. The molecule has 0 bridgehead atoms. The molecule has 66 valence electrons. The highest BCUT2D eigenvalue weighted by atomic mass is 16.6. The van der Waals surface area contributed by atoms with Gasteiger partial charge in [0.1, 0.15) is 18.3 Å². The molecule has 0 spiro atoms. The maximum Gasteiger partial charge on any atom is 0.183 e. The van der Waals surface area contributed by atoms with Crippen LogP contribution in [0.4, 0.5) is 0 Å². The lowest BCUT2D eigenvalue weighted by Gasteiger charge is -2.36. The third-order valence-corrected chi connectivity index (χ3v) is 1.83. The minimum absolute atomic E-state index is 0.664. The van der Waals surface area contributed by atoms with Crippen LogP contribution in [-0.2, 0) is 4.74 Å². The van der Waals surface area contributed by atoms with Gasteiger partial charge in [0, 0.05) is 0 Å². The average molecular weight is 164 g/mol. The first-order valence-electron chi connectivity index (χ1n) is 3.41. The van der Waals surface area contributed by atoms with E-state index in [2.05, 4.69) is 4.74 Å². The molecule has 0 radical (unpaired) electrons. The number of hydrogen-bond acceptors (Lipinski definition) is 5. The van der Waals surface area contributed by atoms with Crippen LogP contribution in [0.25, 0.3) is 0 Å². The Balaban J connectivity index is 2.63. The van der Waals surface area contributed by atoms with Crippen LogP contribution in [0.1, 0.15) is 6.92 Å². The predicted octanol–water partition coefficient (Wildman–Crippen LogP) is -2.19. The van der Waals surface area contributed by atoms with Crippen molar-refractivity contribution in [2.45, 2.75) is 37.6 Å². The maximum atomic E-state index is 9.09. The molecule has 1 saturated heterocycles. The van der Waals surface area contributed by atoms with Gasteiger partial charge in [-0.2, -0.15) is 0 Å². The summed E-state index contributed by atoms with van der Waals surface area (Å²) in [5.74, 6) is 0. The number of hydrogen-bond donors (Lipinski definition) is 4. The highest BCUT2D eigenvalue weighted by Crippen LogP contribution is 2.18. The third-order valence-electron chi connectivity index (χ3n) is 1.83. The molecule has 5 nitrogen and oxygen atoms in total. The zero-order chi connectivity index (χ0) is 8.59. The van der Waals surface area contributed by atoms with E-state index >= 15 is 0 Å². The summed E-state index contributed by atoms with van der Waals surface area (Å²) in [4.78, 5) is 0. The van der Waals surface area contributed by atoms with Crippen LogP contribution >= 0.6 is 0 Å². The summed E-state index contributed by atoms with van der Waals surface area (Å²) in [6, 6.07) is 0. The van der Waals surface area contributed by atoms with Crippen LogP contribution in [0.15, 0.2) is 0 Å². The fourth-order valence-electron chi connectivity index (χ4n) is 1.03. The summed E-state index contributed by atoms with van der Waals surface area (Å²) in [7, 11) is 0. The second-order valence-corrected chi connectivity index (χ2v) is 2.70. The molecule has 5 atom stereocenters. The molecule has 0 aromatic heterocycles. The molecule has 11 heavy (non-hydrogen) atoms. The van der Waals surface area contributed by atoms with Gasteiger partial charge in [0.2, 0.25) is 0 Å². The topological polar surface area (TPSA) is 90.2 Å². The van der Waals surface area contributed by atoms with Crippen LogP contribution in [0.5, 0.6) is 0 Å². The van der Waals surface area contributed by atoms with Crippen molar-refractivity contribution in [1.82, 2.24) is 0 Å². The standard InChI is InChI=1S/C6H12O5/c1-2-3(7)4(8)5(9)6(10)11-2/h2-10H,1H3/t2-,3-,4-,5+,6+/m0/s1. The molecule has 1 fully saturated rings. The summed E-state index contributed by atoms with van der Waals surface area (Å²) < 4.78 is 4.68. The molecule has 0 aromatic rings. The van der Waals surface area contributed by atoms with E-state index in [0.29, 0.717) is 0 Å². The number of aliphatic hydroxyl groups is 4. The van der Waals surface area contributed by atoms with E-state index in [0.717, 1.165) is 0 Å². The largest absolute Gasteiger partial charge is 0.388 e. The van der Waals surface area contributed by atoms with E-state index in [1.54, 1.807) is 0 Å². The molecule has 0 amide bonds. The van der Waals surface area contributed by atoms with Crippen LogP contribution < -0.4 is 0 Å². The van der Waals surface area contributed by atoms with Gasteiger partial charge in [-0.1, -0.05) is 0 Å². The molecule has 1 heterocycles. The quantitative estimate of drug-likeness (QED) is 0.326. The molecular weight excluding hydrogens is 152 g/mol.